The molecule has 1 saturated carbocycles. The van der Waals surface area contributed by atoms with Crippen molar-refractivity contribution in [3.05, 3.63) is 0 Å². The van der Waals surface area contributed by atoms with Crippen LogP contribution in [0.15, 0.2) is 0 Å². The van der Waals surface area contributed by atoms with Crippen LogP contribution < -0.4 is 5.32 Å². The first-order valence-electron chi connectivity index (χ1n) is 8.29. The summed E-state index contributed by atoms with van der Waals surface area (Å²) in [5, 5.41) is 13.4. The van der Waals surface area contributed by atoms with Crippen LogP contribution in [0.25, 0.3) is 0 Å². The lowest BCUT2D eigenvalue weighted by molar-refractivity contribution is 0.0612. The van der Waals surface area contributed by atoms with Gasteiger partial charge in [-0.3, -0.25) is 0 Å². The van der Waals surface area contributed by atoms with Gasteiger partial charge in [0.15, 0.2) is 0 Å². The number of nitrogens with one attached hydrogen (secondary N) is 1. The number of nitrogens with zero attached hydrogens (tertiary/aromatic N) is 1. The molecule has 0 aromatic rings. The Labute approximate surface area is 118 Å². The van der Waals surface area contributed by atoms with Crippen molar-refractivity contribution >= 4 is 0 Å². The van der Waals surface area contributed by atoms with Gasteiger partial charge in [-0.2, -0.15) is 0 Å². The monoisotopic (exact) mass is 268 g/mol. The number of hydrogen-bond acceptors (Lipinski definition) is 3. The maximum absolute atomic E-state index is 9.81. The van der Waals surface area contributed by atoms with Gasteiger partial charge in [0.25, 0.3) is 0 Å². The zero-order valence-electron chi connectivity index (χ0n) is 12.8. The van der Waals surface area contributed by atoms with Gasteiger partial charge in [-0.05, 0) is 70.5 Å². The molecule has 0 amide bonds. The van der Waals surface area contributed by atoms with Crippen molar-refractivity contribution in [2.24, 2.45) is 5.92 Å². The minimum atomic E-state index is -0.00438. The normalized spacial score (nSPS) is 38.1. The summed E-state index contributed by atoms with van der Waals surface area (Å²) in [7, 11) is 0. The fourth-order valence-corrected chi connectivity index (χ4v) is 4.03. The van der Waals surface area contributed by atoms with Crippen LogP contribution in [0, 0.1) is 5.92 Å². The van der Waals surface area contributed by atoms with Gasteiger partial charge in [0.2, 0.25) is 0 Å². The molecule has 0 bridgehead atoms. The van der Waals surface area contributed by atoms with E-state index in [-0.39, 0.29) is 5.54 Å². The van der Waals surface area contributed by atoms with Crippen LogP contribution in [0.3, 0.4) is 0 Å². The molecule has 0 aromatic carbocycles. The van der Waals surface area contributed by atoms with Crippen LogP contribution in [-0.4, -0.2) is 47.8 Å². The van der Waals surface area contributed by atoms with Crippen molar-refractivity contribution in [1.29, 1.82) is 0 Å². The summed E-state index contributed by atoms with van der Waals surface area (Å²) >= 11 is 0. The molecule has 3 heteroatoms. The zero-order chi connectivity index (χ0) is 13.7. The predicted molar refractivity (Wildman–Crippen MR) is 80.3 cm³/mol. The van der Waals surface area contributed by atoms with Gasteiger partial charge in [-0.15, -0.1) is 0 Å². The van der Waals surface area contributed by atoms with Crippen molar-refractivity contribution in [2.75, 3.05) is 26.2 Å². The highest BCUT2D eigenvalue weighted by Crippen LogP contribution is 2.32. The second kappa shape index (κ2) is 7.05. The number of aliphatic hydroxyl groups excluding tert-OH is 1. The number of hydrogen-bond donors (Lipinski definition) is 2. The van der Waals surface area contributed by atoms with Gasteiger partial charge >= 0.3 is 0 Å². The SMILES string of the molecule is CCNC1(CO)CCCC(N2CCCC(C)CC2)C1. The van der Waals surface area contributed by atoms with E-state index in [0.717, 1.165) is 25.3 Å². The first-order chi connectivity index (χ1) is 9.19. The Morgan fingerprint density at radius 1 is 1.21 bits per heavy atom. The van der Waals surface area contributed by atoms with E-state index in [1.165, 1.54) is 45.2 Å². The largest absolute Gasteiger partial charge is 0.394 e. The van der Waals surface area contributed by atoms with Gasteiger partial charge in [0, 0.05) is 11.6 Å². The van der Waals surface area contributed by atoms with E-state index in [0.29, 0.717) is 12.6 Å². The molecule has 1 heterocycles. The minimum absolute atomic E-state index is 0.00438. The van der Waals surface area contributed by atoms with E-state index >= 15 is 0 Å². The molecular weight excluding hydrogens is 236 g/mol. The number of rotatable bonds is 4. The molecule has 3 unspecified atom stereocenters. The Kier molecular flexibility index (Phi) is 5.67. The van der Waals surface area contributed by atoms with Gasteiger partial charge in [0.1, 0.15) is 0 Å². The van der Waals surface area contributed by atoms with Gasteiger partial charge < -0.3 is 15.3 Å². The van der Waals surface area contributed by atoms with Crippen LogP contribution in [-0.2, 0) is 0 Å². The molecule has 0 aromatic heterocycles. The van der Waals surface area contributed by atoms with E-state index in [1.807, 2.05) is 0 Å². The summed E-state index contributed by atoms with van der Waals surface area (Å²) < 4.78 is 0. The van der Waals surface area contributed by atoms with Crippen molar-refractivity contribution < 1.29 is 5.11 Å². The Morgan fingerprint density at radius 3 is 2.79 bits per heavy atom. The lowest BCUT2D eigenvalue weighted by atomic mass is 9.78. The first-order valence-corrected chi connectivity index (χ1v) is 8.29. The predicted octanol–water partition coefficient (Wildman–Crippen LogP) is 2.39. The maximum atomic E-state index is 9.81. The maximum Gasteiger partial charge on any atom is 0.0613 e. The Balaban J connectivity index is 1.95. The molecule has 0 radical (unpaired) electrons. The lowest BCUT2D eigenvalue weighted by Gasteiger charge is -2.44. The molecule has 3 atom stereocenters. The zero-order valence-corrected chi connectivity index (χ0v) is 12.8. The third kappa shape index (κ3) is 3.93. The van der Waals surface area contributed by atoms with Crippen molar-refractivity contribution in [2.45, 2.75) is 70.4 Å². The summed E-state index contributed by atoms with van der Waals surface area (Å²) in [5.74, 6) is 0.893. The fourth-order valence-electron chi connectivity index (χ4n) is 4.03. The molecule has 112 valence electrons. The molecular formula is C16H32N2O. The molecule has 1 aliphatic heterocycles. The number of likely N-dealkylation sites (N-methyl/N-ethyl adjacent to an activating group) is 1. The fraction of sp³-hybridized carbons (Fsp3) is 1.00. The Morgan fingerprint density at radius 2 is 2.05 bits per heavy atom. The van der Waals surface area contributed by atoms with E-state index in [1.54, 1.807) is 0 Å². The summed E-state index contributed by atoms with van der Waals surface area (Å²) in [5.41, 5.74) is -0.00438. The van der Waals surface area contributed by atoms with E-state index in [9.17, 15) is 5.11 Å². The van der Waals surface area contributed by atoms with Crippen LogP contribution in [0.4, 0.5) is 0 Å². The van der Waals surface area contributed by atoms with Gasteiger partial charge in [-0.25, -0.2) is 0 Å². The van der Waals surface area contributed by atoms with E-state index in [4.69, 9.17) is 0 Å². The quantitative estimate of drug-likeness (QED) is 0.822. The lowest BCUT2D eigenvalue weighted by Crippen LogP contribution is -2.55. The molecule has 0 spiro atoms. The van der Waals surface area contributed by atoms with Gasteiger partial charge in [-0.1, -0.05) is 13.8 Å². The smallest absolute Gasteiger partial charge is 0.0613 e. The highest BCUT2D eigenvalue weighted by molar-refractivity contribution is 4.96. The van der Waals surface area contributed by atoms with E-state index < -0.39 is 0 Å². The van der Waals surface area contributed by atoms with Crippen LogP contribution >= 0.6 is 0 Å². The highest BCUT2D eigenvalue weighted by atomic mass is 16.3. The topological polar surface area (TPSA) is 35.5 Å². The van der Waals surface area contributed by atoms with Crippen LogP contribution in [0.1, 0.15) is 58.8 Å². The van der Waals surface area contributed by atoms with E-state index in [2.05, 4.69) is 24.1 Å². The molecule has 2 rings (SSSR count). The number of aliphatic hydroxyl groups is 1. The first kappa shape index (κ1) is 15.3. The Bertz CT molecular complexity index is 267. The third-order valence-corrected chi connectivity index (χ3v) is 5.24. The summed E-state index contributed by atoms with van der Waals surface area (Å²) in [6, 6.07) is 0.685. The molecule has 2 aliphatic rings. The Hall–Kier alpha value is -0.120. The molecule has 2 fully saturated rings. The molecule has 1 saturated heterocycles. The standard InChI is InChI=1S/C16H32N2O/c1-3-17-16(13-19)9-4-7-15(12-16)18-10-5-6-14(2)8-11-18/h14-15,17,19H,3-13H2,1-2H3. The molecule has 1 aliphatic carbocycles. The minimum Gasteiger partial charge on any atom is -0.394 e. The summed E-state index contributed by atoms with van der Waals surface area (Å²) in [6.45, 7) is 8.32. The molecule has 19 heavy (non-hydrogen) atoms. The molecule has 2 N–H and O–H groups in total. The second-order valence-electron chi connectivity index (χ2n) is 6.79. The average Bonchev–Trinajstić information content (AvgIpc) is 2.64. The van der Waals surface area contributed by atoms with Crippen LogP contribution in [0.5, 0.6) is 0 Å². The highest BCUT2D eigenvalue weighted by Gasteiger charge is 2.37. The summed E-state index contributed by atoms with van der Waals surface area (Å²) in [4.78, 5) is 2.71. The second-order valence-corrected chi connectivity index (χ2v) is 6.79. The summed E-state index contributed by atoms with van der Waals surface area (Å²) in [6.07, 6.45) is 8.94. The number of likely N-dealkylation sites (tertiary alicyclic amines) is 1. The van der Waals surface area contributed by atoms with Crippen LogP contribution in [0.2, 0.25) is 0 Å². The van der Waals surface area contributed by atoms with Gasteiger partial charge in [0.05, 0.1) is 6.61 Å². The van der Waals surface area contributed by atoms with Crippen molar-refractivity contribution in [3.63, 3.8) is 0 Å². The average molecular weight is 268 g/mol. The third-order valence-electron chi connectivity index (χ3n) is 5.24. The van der Waals surface area contributed by atoms with Crippen molar-refractivity contribution in [1.82, 2.24) is 10.2 Å². The molecule has 3 nitrogen and oxygen atoms in total. The van der Waals surface area contributed by atoms with Crippen molar-refractivity contribution in [3.8, 4) is 0 Å².